The first-order chi connectivity index (χ1) is 3.91. The van der Waals surface area contributed by atoms with Crippen molar-refractivity contribution in [1.82, 2.24) is 0 Å². The van der Waals surface area contributed by atoms with Crippen molar-refractivity contribution >= 4 is 0 Å². The molecule has 0 radical (unpaired) electrons. The molecular weight excluding hydrogens is 98.1 g/mol. The van der Waals surface area contributed by atoms with Gasteiger partial charge in [0, 0.05) is 0 Å². The Morgan fingerprint density at radius 2 is 1.12 bits per heavy atom. The maximum absolute atomic E-state index is 4.50. The summed E-state index contributed by atoms with van der Waals surface area (Å²) in [5.41, 5.74) is 4.50. The lowest BCUT2D eigenvalue weighted by atomic mass is 10.2. The van der Waals surface area contributed by atoms with E-state index in [0.717, 1.165) is 0 Å². The second-order valence-electron chi connectivity index (χ2n) is 1.71. The van der Waals surface area contributed by atoms with Gasteiger partial charge in [0.2, 0.25) is 0 Å². The number of hydrogen-bond donors (Lipinski definition) is 1. The van der Waals surface area contributed by atoms with E-state index in [2.05, 4.69) is 19.6 Å². The fourth-order valence-corrected chi connectivity index (χ4v) is 0.500. The van der Waals surface area contributed by atoms with Gasteiger partial charge >= 0.3 is 0 Å². The summed E-state index contributed by atoms with van der Waals surface area (Å²) < 4.78 is 0. The van der Waals surface area contributed by atoms with Gasteiger partial charge in [0.1, 0.15) is 0 Å². The predicted molar refractivity (Wildman–Crippen MR) is 39.9 cm³/mol. The van der Waals surface area contributed by atoms with Crippen molar-refractivity contribution in [2.24, 2.45) is 5.73 Å². The third-order valence-corrected chi connectivity index (χ3v) is 0.957. The van der Waals surface area contributed by atoms with Crippen molar-refractivity contribution in [3.63, 3.8) is 0 Å². The molecule has 52 valence electrons. The van der Waals surface area contributed by atoms with Crippen molar-refractivity contribution in [3.8, 4) is 0 Å². The molecule has 0 fully saturated rings. The van der Waals surface area contributed by atoms with E-state index in [-0.39, 0.29) is 0 Å². The van der Waals surface area contributed by atoms with Crippen LogP contribution in [0.1, 0.15) is 39.5 Å². The minimum absolute atomic E-state index is 1.36. The van der Waals surface area contributed by atoms with Crippen LogP contribution in [0.5, 0.6) is 0 Å². The van der Waals surface area contributed by atoms with Gasteiger partial charge in [-0.05, 0) is 7.05 Å². The Morgan fingerprint density at radius 3 is 1.25 bits per heavy atom. The molecule has 0 aromatic carbocycles. The SMILES string of the molecule is CCCCCC.CN. The standard InChI is InChI=1S/C6H14.CH5N/c1-3-5-6-4-2;1-2/h3-6H2,1-2H3;2H2,1H3. The van der Waals surface area contributed by atoms with Crippen LogP contribution in [0.4, 0.5) is 0 Å². The first-order valence-corrected chi connectivity index (χ1v) is 3.49. The van der Waals surface area contributed by atoms with Crippen LogP contribution >= 0.6 is 0 Å². The van der Waals surface area contributed by atoms with Crippen molar-refractivity contribution in [1.29, 1.82) is 0 Å². The fourth-order valence-electron chi connectivity index (χ4n) is 0.500. The molecule has 1 nitrogen and oxygen atoms in total. The van der Waals surface area contributed by atoms with Crippen molar-refractivity contribution < 1.29 is 0 Å². The number of hydrogen-bond acceptors (Lipinski definition) is 1. The Balaban J connectivity index is 0. The highest BCUT2D eigenvalue weighted by Crippen LogP contribution is 1.95. The number of rotatable bonds is 3. The van der Waals surface area contributed by atoms with Crippen molar-refractivity contribution in [2.45, 2.75) is 39.5 Å². The van der Waals surface area contributed by atoms with Crippen LogP contribution in [0.15, 0.2) is 0 Å². The Labute approximate surface area is 53.3 Å². The zero-order valence-corrected chi connectivity index (χ0v) is 6.41. The predicted octanol–water partition coefficient (Wildman–Crippen LogP) is 2.16. The van der Waals surface area contributed by atoms with Gasteiger partial charge in [-0.15, -0.1) is 0 Å². The molecule has 0 aliphatic carbocycles. The quantitative estimate of drug-likeness (QED) is 0.563. The molecule has 8 heavy (non-hydrogen) atoms. The minimum atomic E-state index is 1.36. The van der Waals surface area contributed by atoms with E-state index in [1.165, 1.54) is 32.7 Å². The monoisotopic (exact) mass is 117 g/mol. The highest BCUT2D eigenvalue weighted by atomic mass is 14.4. The molecule has 2 N–H and O–H groups in total. The number of unbranched alkanes of at least 4 members (excludes halogenated alkanes) is 3. The lowest BCUT2D eigenvalue weighted by molar-refractivity contribution is 0.702. The Bertz CT molecular complexity index is 16.3. The molecule has 0 bridgehead atoms. The normalized spacial score (nSPS) is 7.50. The topological polar surface area (TPSA) is 26.0 Å². The maximum atomic E-state index is 4.50. The summed E-state index contributed by atoms with van der Waals surface area (Å²) in [5, 5.41) is 0. The second kappa shape index (κ2) is 15.8. The van der Waals surface area contributed by atoms with E-state index in [4.69, 9.17) is 0 Å². The Morgan fingerprint density at radius 1 is 0.875 bits per heavy atom. The first kappa shape index (κ1) is 10.9. The van der Waals surface area contributed by atoms with E-state index < -0.39 is 0 Å². The van der Waals surface area contributed by atoms with Gasteiger partial charge in [-0.3, -0.25) is 0 Å². The van der Waals surface area contributed by atoms with E-state index in [0.29, 0.717) is 0 Å². The van der Waals surface area contributed by atoms with Gasteiger partial charge in [-0.2, -0.15) is 0 Å². The molecule has 0 heterocycles. The van der Waals surface area contributed by atoms with Crippen molar-refractivity contribution in [3.05, 3.63) is 0 Å². The van der Waals surface area contributed by atoms with Crippen LogP contribution in [0.3, 0.4) is 0 Å². The minimum Gasteiger partial charge on any atom is -0.333 e. The molecule has 0 amide bonds. The summed E-state index contributed by atoms with van der Waals surface area (Å²) in [6.07, 6.45) is 5.54. The molecule has 0 unspecified atom stereocenters. The molecule has 0 saturated heterocycles. The summed E-state index contributed by atoms with van der Waals surface area (Å²) in [4.78, 5) is 0. The molecule has 0 aliphatic rings. The highest BCUT2D eigenvalue weighted by Gasteiger charge is 1.75. The molecule has 0 aliphatic heterocycles. The second-order valence-corrected chi connectivity index (χ2v) is 1.71. The average molecular weight is 117 g/mol. The van der Waals surface area contributed by atoms with E-state index in [1.807, 2.05) is 0 Å². The van der Waals surface area contributed by atoms with Crippen LogP contribution in [0, 0.1) is 0 Å². The third-order valence-electron chi connectivity index (χ3n) is 0.957. The van der Waals surface area contributed by atoms with E-state index >= 15 is 0 Å². The van der Waals surface area contributed by atoms with Crippen LogP contribution in [-0.2, 0) is 0 Å². The van der Waals surface area contributed by atoms with Crippen LogP contribution < -0.4 is 5.73 Å². The molecule has 0 aromatic heterocycles. The molecule has 0 atom stereocenters. The van der Waals surface area contributed by atoms with Gasteiger partial charge < -0.3 is 5.73 Å². The molecule has 0 rings (SSSR count). The summed E-state index contributed by atoms with van der Waals surface area (Å²) >= 11 is 0. The largest absolute Gasteiger partial charge is 0.333 e. The number of nitrogens with two attached hydrogens (primary N) is 1. The van der Waals surface area contributed by atoms with E-state index in [9.17, 15) is 0 Å². The summed E-state index contributed by atoms with van der Waals surface area (Å²) in [6, 6.07) is 0. The van der Waals surface area contributed by atoms with Crippen LogP contribution in [0.2, 0.25) is 0 Å². The smallest absolute Gasteiger partial charge is 0.0195 e. The van der Waals surface area contributed by atoms with Crippen molar-refractivity contribution in [2.75, 3.05) is 7.05 Å². The van der Waals surface area contributed by atoms with Crippen LogP contribution in [0.25, 0.3) is 0 Å². The average Bonchev–Trinajstić information content (AvgIpc) is 1.88. The van der Waals surface area contributed by atoms with Gasteiger partial charge in [-0.1, -0.05) is 39.5 Å². The molecule has 0 aromatic rings. The lowest BCUT2D eigenvalue weighted by Gasteiger charge is -1.86. The summed E-state index contributed by atoms with van der Waals surface area (Å²) in [5.74, 6) is 0. The molecular formula is C7H19N. The summed E-state index contributed by atoms with van der Waals surface area (Å²) in [7, 11) is 1.50. The molecule has 0 saturated carbocycles. The van der Waals surface area contributed by atoms with Gasteiger partial charge in [0.15, 0.2) is 0 Å². The lowest BCUT2D eigenvalue weighted by Crippen LogP contribution is -1.69. The van der Waals surface area contributed by atoms with Crippen LogP contribution in [-0.4, -0.2) is 7.05 Å². The van der Waals surface area contributed by atoms with Gasteiger partial charge in [-0.25, -0.2) is 0 Å². The fraction of sp³-hybridized carbons (Fsp3) is 1.00. The van der Waals surface area contributed by atoms with Gasteiger partial charge in [0.05, 0.1) is 0 Å². The first-order valence-electron chi connectivity index (χ1n) is 3.49. The third kappa shape index (κ3) is 16.7. The Kier molecular flexibility index (Phi) is 21.4. The zero-order chi connectivity index (χ0) is 6.83. The highest BCUT2D eigenvalue weighted by molar-refractivity contribution is 4.31. The zero-order valence-electron chi connectivity index (χ0n) is 6.41. The molecule has 1 heteroatoms. The van der Waals surface area contributed by atoms with E-state index in [1.54, 1.807) is 0 Å². The Hall–Kier alpha value is -0.0400. The molecule has 0 spiro atoms. The summed E-state index contributed by atoms with van der Waals surface area (Å²) in [6.45, 7) is 4.46. The van der Waals surface area contributed by atoms with Gasteiger partial charge in [0.25, 0.3) is 0 Å². The maximum Gasteiger partial charge on any atom is -0.0195 e.